The number of ether oxygens (including phenoxy) is 1. The van der Waals surface area contributed by atoms with E-state index < -0.39 is 35.8 Å². The highest BCUT2D eigenvalue weighted by Gasteiger charge is 2.53. The van der Waals surface area contributed by atoms with Crippen molar-refractivity contribution in [1.82, 2.24) is 15.0 Å². The lowest BCUT2D eigenvalue weighted by molar-refractivity contribution is 0.00578. The van der Waals surface area contributed by atoms with E-state index in [0.29, 0.717) is 0 Å². The normalized spacial score (nSPS) is 18.5. The smallest absolute Gasteiger partial charge is 0.464 e. The van der Waals surface area contributed by atoms with Crippen molar-refractivity contribution in [3.05, 3.63) is 53.3 Å². The number of hydrogen-bond acceptors (Lipinski definition) is 6. The fourth-order valence-corrected chi connectivity index (χ4v) is 2.82. The quantitative estimate of drug-likeness (QED) is 0.562. The molecule has 0 unspecified atom stereocenters. The molecular formula is C19H22BF2N3O4. The molecule has 0 spiro atoms. The van der Waals surface area contributed by atoms with Gasteiger partial charge in [-0.2, -0.15) is 0 Å². The molecule has 1 fully saturated rings. The van der Waals surface area contributed by atoms with Crippen LogP contribution < -0.4 is 0 Å². The van der Waals surface area contributed by atoms with Crippen molar-refractivity contribution in [3.63, 3.8) is 0 Å². The minimum atomic E-state index is -1.31. The van der Waals surface area contributed by atoms with Gasteiger partial charge in [0.1, 0.15) is 11.5 Å². The number of esters is 1. The van der Waals surface area contributed by atoms with E-state index in [1.165, 1.54) is 36.2 Å². The van der Waals surface area contributed by atoms with Crippen LogP contribution in [0.1, 0.15) is 43.7 Å². The molecule has 2 aromatic rings. The van der Waals surface area contributed by atoms with Crippen LogP contribution in [0.3, 0.4) is 0 Å². The second-order valence-corrected chi connectivity index (χ2v) is 7.69. The Morgan fingerprint density at radius 3 is 2.41 bits per heavy atom. The number of methoxy groups -OCH3 is 1. The second-order valence-electron chi connectivity index (χ2n) is 7.69. The van der Waals surface area contributed by atoms with Gasteiger partial charge in [-0.15, -0.1) is 5.10 Å². The van der Waals surface area contributed by atoms with E-state index >= 15 is 4.39 Å². The SMILES string of the molecule is COC(=O)c1cn(CC(=C(F)B2OC(C)(C)C(C)(C)O2)c2ccccc2F)nn1. The molecule has 1 aliphatic heterocycles. The Bertz CT molecular complexity index is 942. The van der Waals surface area contributed by atoms with E-state index in [-0.39, 0.29) is 23.4 Å². The molecule has 0 radical (unpaired) electrons. The Balaban J connectivity index is 2.02. The van der Waals surface area contributed by atoms with Crippen LogP contribution in [-0.2, 0) is 20.6 Å². The summed E-state index contributed by atoms with van der Waals surface area (Å²) >= 11 is 0. The van der Waals surface area contributed by atoms with Gasteiger partial charge in [-0.05, 0) is 33.8 Å². The number of aromatic nitrogens is 3. The zero-order valence-electron chi connectivity index (χ0n) is 16.9. The molecule has 3 rings (SSSR count). The Morgan fingerprint density at radius 2 is 1.83 bits per heavy atom. The lowest BCUT2D eigenvalue weighted by Crippen LogP contribution is -2.41. The van der Waals surface area contributed by atoms with Gasteiger partial charge in [0.25, 0.3) is 0 Å². The van der Waals surface area contributed by atoms with Crippen molar-refractivity contribution in [1.29, 1.82) is 0 Å². The fourth-order valence-electron chi connectivity index (χ4n) is 2.82. The first-order valence-corrected chi connectivity index (χ1v) is 9.03. The lowest BCUT2D eigenvalue weighted by Gasteiger charge is -2.32. The van der Waals surface area contributed by atoms with Crippen molar-refractivity contribution < 1.29 is 27.6 Å². The van der Waals surface area contributed by atoms with E-state index in [9.17, 15) is 9.18 Å². The standard InChI is InChI=1S/C19H22BF2N3O4/c1-18(2)19(3,4)29-20(28-18)16(22)13(12-8-6-7-9-14(12)21)10-25-11-15(23-24-25)17(26)27-5/h6-9,11H,10H2,1-5H3. The fraction of sp³-hybridized carbons (Fsp3) is 0.421. The molecule has 0 bridgehead atoms. The number of benzene rings is 1. The molecule has 0 aliphatic carbocycles. The number of allylic oxidation sites excluding steroid dienone is 1. The van der Waals surface area contributed by atoms with Crippen LogP contribution in [0.5, 0.6) is 0 Å². The highest BCUT2D eigenvalue weighted by Crippen LogP contribution is 2.40. The lowest BCUT2D eigenvalue weighted by atomic mass is 9.82. The van der Waals surface area contributed by atoms with E-state index in [0.717, 1.165) is 0 Å². The van der Waals surface area contributed by atoms with Crippen molar-refractivity contribution in [2.45, 2.75) is 45.4 Å². The molecule has 0 atom stereocenters. The van der Waals surface area contributed by atoms with Crippen molar-refractivity contribution in [3.8, 4) is 0 Å². The summed E-state index contributed by atoms with van der Waals surface area (Å²) in [6.45, 7) is 6.99. The van der Waals surface area contributed by atoms with E-state index in [4.69, 9.17) is 9.31 Å². The molecule has 1 aromatic heterocycles. The van der Waals surface area contributed by atoms with Crippen LogP contribution in [-0.4, -0.2) is 46.4 Å². The number of hydrogen-bond donors (Lipinski definition) is 0. The topological polar surface area (TPSA) is 75.5 Å². The van der Waals surface area contributed by atoms with Gasteiger partial charge in [0.2, 0.25) is 0 Å². The van der Waals surface area contributed by atoms with Gasteiger partial charge in [-0.3, -0.25) is 0 Å². The first-order valence-electron chi connectivity index (χ1n) is 9.03. The number of carbonyl (C=O) groups excluding carboxylic acids is 1. The second kappa shape index (κ2) is 7.68. The van der Waals surface area contributed by atoms with Crippen LogP contribution >= 0.6 is 0 Å². The van der Waals surface area contributed by atoms with Crippen molar-refractivity contribution in [2.75, 3.05) is 7.11 Å². The summed E-state index contributed by atoms with van der Waals surface area (Å²) in [5.74, 6) is -1.29. The number of rotatable bonds is 5. The molecule has 0 N–H and O–H groups in total. The zero-order chi connectivity index (χ0) is 21.4. The van der Waals surface area contributed by atoms with Crippen LogP contribution in [0.15, 0.2) is 36.2 Å². The third kappa shape index (κ3) is 4.08. The van der Waals surface area contributed by atoms with Gasteiger partial charge in [-0.25, -0.2) is 18.3 Å². The molecule has 2 heterocycles. The molecule has 7 nitrogen and oxygen atoms in total. The van der Waals surface area contributed by atoms with Gasteiger partial charge in [0.15, 0.2) is 5.69 Å². The van der Waals surface area contributed by atoms with Crippen molar-refractivity contribution >= 4 is 18.7 Å². The van der Waals surface area contributed by atoms with Crippen LogP contribution in [0.25, 0.3) is 5.57 Å². The number of carbonyl (C=O) groups is 1. The van der Waals surface area contributed by atoms with E-state index in [1.807, 2.05) is 0 Å². The average Bonchev–Trinajstić information content (AvgIpc) is 3.21. The Kier molecular flexibility index (Phi) is 5.60. The largest absolute Gasteiger partial charge is 0.525 e. The van der Waals surface area contributed by atoms with Gasteiger partial charge in [0.05, 0.1) is 31.1 Å². The summed E-state index contributed by atoms with van der Waals surface area (Å²) in [7, 11) is -0.0949. The summed E-state index contributed by atoms with van der Waals surface area (Å²) in [6, 6.07) is 5.78. The Morgan fingerprint density at radius 1 is 1.21 bits per heavy atom. The predicted octanol–water partition coefficient (Wildman–Crippen LogP) is 3.22. The van der Waals surface area contributed by atoms with E-state index in [1.54, 1.807) is 33.8 Å². The molecule has 1 saturated heterocycles. The maximum Gasteiger partial charge on any atom is 0.525 e. The molecule has 10 heteroatoms. The highest BCUT2D eigenvalue weighted by molar-refractivity contribution is 6.55. The monoisotopic (exact) mass is 405 g/mol. The third-order valence-corrected chi connectivity index (χ3v) is 5.20. The average molecular weight is 405 g/mol. The minimum absolute atomic E-state index is 0.0251. The number of nitrogens with zero attached hydrogens (tertiary/aromatic N) is 3. The summed E-state index contributed by atoms with van der Waals surface area (Å²) in [5, 5.41) is 7.50. The number of halogens is 2. The molecule has 0 amide bonds. The molecule has 1 aliphatic rings. The van der Waals surface area contributed by atoms with Gasteiger partial charge in [0, 0.05) is 11.1 Å². The maximum atomic E-state index is 15.6. The van der Waals surface area contributed by atoms with Gasteiger partial charge in [-0.1, -0.05) is 23.4 Å². The summed E-state index contributed by atoms with van der Waals surface area (Å²) < 4.78 is 47.4. The molecule has 154 valence electrons. The minimum Gasteiger partial charge on any atom is -0.464 e. The first-order chi connectivity index (χ1) is 13.6. The molecule has 1 aromatic carbocycles. The zero-order valence-corrected chi connectivity index (χ0v) is 16.9. The maximum absolute atomic E-state index is 15.6. The molecule has 29 heavy (non-hydrogen) atoms. The summed E-state index contributed by atoms with van der Waals surface area (Å²) in [5.41, 5.74) is -2.33. The van der Waals surface area contributed by atoms with Crippen molar-refractivity contribution in [2.24, 2.45) is 0 Å². The van der Waals surface area contributed by atoms with Crippen LogP contribution in [0, 0.1) is 5.82 Å². The van der Waals surface area contributed by atoms with Gasteiger partial charge >= 0.3 is 13.1 Å². The summed E-state index contributed by atoms with van der Waals surface area (Å²) in [6.07, 6.45) is 1.30. The van der Waals surface area contributed by atoms with Gasteiger partial charge < -0.3 is 14.0 Å². The Labute approximate surface area is 167 Å². The third-order valence-electron chi connectivity index (χ3n) is 5.20. The first kappa shape index (κ1) is 21.1. The van der Waals surface area contributed by atoms with E-state index in [2.05, 4.69) is 15.0 Å². The Hall–Kier alpha value is -2.59. The molecule has 0 saturated carbocycles. The highest BCUT2D eigenvalue weighted by atomic mass is 19.1. The molecular weight excluding hydrogens is 383 g/mol. The van der Waals surface area contributed by atoms with Crippen LogP contribution in [0.2, 0.25) is 0 Å². The predicted molar refractivity (Wildman–Crippen MR) is 102 cm³/mol. The summed E-state index contributed by atoms with van der Waals surface area (Å²) in [4.78, 5) is 11.6. The van der Waals surface area contributed by atoms with Crippen LogP contribution in [0.4, 0.5) is 8.78 Å².